The van der Waals surface area contributed by atoms with Gasteiger partial charge in [0.1, 0.15) is 5.75 Å². The van der Waals surface area contributed by atoms with Crippen LogP contribution in [0.15, 0.2) is 46.3 Å². The highest BCUT2D eigenvalue weighted by atomic mass is 127. The third kappa shape index (κ3) is 4.42. The molecule has 26 heavy (non-hydrogen) atoms. The van der Waals surface area contributed by atoms with Crippen LogP contribution in [0.25, 0.3) is 6.08 Å². The maximum Gasteiger partial charge on any atom is 0.264 e. The molecule has 1 N–H and O–H groups in total. The Bertz CT molecular complexity index is 928. The molecule has 0 unspecified atom stereocenters. The van der Waals surface area contributed by atoms with Crippen LogP contribution in [0.4, 0.5) is 5.69 Å². The molecule has 0 spiro atoms. The van der Waals surface area contributed by atoms with E-state index in [0.29, 0.717) is 21.7 Å². The number of hydrogen-bond donors (Lipinski definition) is 1. The van der Waals surface area contributed by atoms with E-state index in [9.17, 15) is 4.79 Å². The van der Waals surface area contributed by atoms with Crippen molar-refractivity contribution >= 4 is 68.8 Å². The summed E-state index contributed by atoms with van der Waals surface area (Å²) in [4.78, 5) is 17.4. The molecule has 0 saturated carbocycles. The number of carbonyl (C=O) groups excluding carboxylic acids is 1. The van der Waals surface area contributed by atoms with Gasteiger partial charge in [-0.15, -0.1) is 0 Å². The number of amidine groups is 1. The summed E-state index contributed by atoms with van der Waals surface area (Å²) in [6.45, 7) is 4.48. The number of nitrogens with zero attached hydrogens (tertiary/aromatic N) is 1. The van der Waals surface area contributed by atoms with Gasteiger partial charge in [-0.25, -0.2) is 4.99 Å². The molecular weight excluding hydrogens is 483 g/mol. The zero-order valence-corrected chi connectivity index (χ0v) is 17.9. The van der Waals surface area contributed by atoms with Gasteiger partial charge in [0.25, 0.3) is 5.91 Å². The molecule has 1 heterocycles. The number of aliphatic imine (C=N–C) groups is 1. The standard InChI is InChI=1S/C19H16ClIN2O2S/c1-3-25-16-8-7-12(9-14(16)21)10-17-18(24)23-19(26-17)22-15-6-4-5-13(20)11(15)2/h4-10H,3H2,1-2H3,(H,22,23,24)/b17-10-. The first-order valence-electron chi connectivity index (χ1n) is 7.95. The largest absolute Gasteiger partial charge is 0.493 e. The Morgan fingerprint density at radius 2 is 2.15 bits per heavy atom. The number of ether oxygens (including phenoxy) is 1. The molecule has 1 aliphatic heterocycles. The summed E-state index contributed by atoms with van der Waals surface area (Å²) in [7, 11) is 0. The van der Waals surface area contributed by atoms with Gasteiger partial charge in [0.2, 0.25) is 0 Å². The summed E-state index contributed by atoms with van der Waals surface area (Å²) >= 11 is 9.67. The van der Waals surface area contributed by atoms with Crippen molar-refractivity contribution in [2.75, 3.05) is 6.61 Å². The molecule has 1 aliphatic rings. The molecule has 0 radical (unpaired) electrons. The normalized spacial score (nSPS) is 17.0. The number of benzene rings is 2. The van der Waals surface area contributed by atoms with E-state index in [-0.39, 0.29) is 5.91 Å². The number of halogens is 2. The summed E-state index contributed by atoms with van der Waals surface area (Å²) in [6, 6.07) is 11.4. The lowest BCUT2D eigenvalue weighted by Crippen LogP contribution is -2.19. The topological polar surface area (TPSA) is 50.7 Å². The second-order valence-corrected chi connectivity index (χ2v) is 8.09. The summed E-state index contributed by atoms with van der Waals surface area (Å²) < 4.78 is 6.55. The van der Waals surface area contributed by atoms with E-state index in [1.807, 2.05) is 56.3 Å². The Labute approximate surface area is 175 Å². The fourth-order valence-electron chi connectivity index (χ4n) is 2.34. The SMILES string of the molecule is CCOc1ccc(/C=C2\SC(=Nc3cccc(Cl)c3C)NC2=O)cc1I. The van der Waals surface area contributed by atoms with E-state index in [1.54, 1.807) is 0 Å². The van der Waals surface area contributed by atoms with Gasteiger partial charge in [-0.05, 0) is 89.7 Å². The summed E-state index contributed by atoms with van der Waals surface area (Å²) in [5.74, 6) is 0.690. The Morgan fingerprint density at radius 1 is 1.35 bits per heavy atom. The maximum absolute atomic E-state index is 12.3. The Hall–Kier alpha value is -1.51. The summed E-state index contributed by atoms with van der Waals surface area (Å²) in [6.07, 6.45) is 1.85. The van der Waals surface area contributed by atoms with Crippen LogP contribution in [0.5, 0.6) is 5.75 Å². The molecule has 0 atom stereocenters. The summed E-state index contributed by atoms with van der Waals surface area (Å²) in [5, 5.41) is 4.00. The highest BCUT2D eigenvalue weighted by Gasteiger charge is 2.24. The van der Waals surface area contributed by atoms with Crippen LogP contribution < -0.4 is 10.1 Å². The van der Waals surface area contributed by atoms with Crippen LogP contribution in [-0.2, 0) is 4.79 Å². The molecule has 1 fully saturated rings. The van der Waals surface area contributed by atoms with Crippen molar-refractivity contribution in [1.29, 1.82) is 0 Å². The van der Waals surface area contributed by atoms with Gasteiger partial charge in [-0.1, -0.05) is 23.7 Å². The molecule has 2 aromatic rings. The Morgan fingerprint density at radius 3 is 2.88 bits per heavy atom. The fourth-order valence-corrected chi connectivity index (χ4v) is 4.04. The van der Waals surface area contributed by atoms with Gasteiger partial charge >= 0.3 is 0 Å². The molecule has 7 heteroatoms. The predicted molar refractivity (Wildman–Crippen MR) is 117 cm³/mol. The zero-order valence-electron chi connectivity index (χ0n) is 14.2. The van der Waals surface area contributed by atoms with E-state index < -0.39 is 0 Å². The maximum atomic E-state index is 12.3. The molecule has 1 amide bonds. The molecule has 2 aromatic carbocycles. The second kappa shape index (κ2) is 8.45. The van der Waals surface area contributed by atoms with Crippen LogP contribution in [0.2, 0.25) is 5.02 Å². The first-order valence-corrected chi connectivity index (χ1v) is 10.2. The van der Waals surface area contributed by atoms with Crippen molar-refractivity contribution < 1.29 is 9.53 Å². The Balaban J connectivity index is 1.83. The molecule has 0 bridgehead atoms. The molecule has 0 aromatic heterocycles. The van der Waals surface area contributed by atoms with Gasteiger partial charge in [0, 0.05) is 5.02 Å². The smallest absolute Gasteiger partial charge is 0.264 e. The number of thioether (sulfide) groups is 1. The van der Waals surface area contributed by atoms with Crippen molar-refractivity contribution in [2.24, 2.45) is 4.99 Å². The number of amides is 1. The minimum Gasteiger partial charge on any atom is -0.493 e. The van der Waals surface area contributed by atoms with Crippen LogP contribution in [0.3, 0.4) is 0 Å². The highest BCUT2D eigenvalue weighted by Crippen LogP contribution is 2.32. The third-order valence-electron chi connectivity index (χ3n) is 3.67. The Kier molecular flexibility index (Phi) is 6.26. The summed E-state index contributed by atoms with van der Waals surface area (Å²) in [5.41, 5.74) is 2.57. The lowest BCUT2D eigenvalue weighted by atomic mass is 10.2. The third-order valence-corrected chi connectivity index (χ3v) is 5.83. The first-order chi connectivity index (χ1) is 12.5. The van der Waals surface area contributed by atoms with E-state index in [1.165, 1.54) is 11.8 Å². The highest BCUT2D eigenvalue weighted by molar-refractivity contribution is 14.1. The molecule has 134 valence electrons. The number of hydrogen-bond acceptors (Lipinski definition) is 4. The van der Waals surface area contributed by atoms with Crippen LogP contribution in [-0.4, -0.2) is 17.7 Å². The average molecular weight is 499 g/mol. The van der Waals surface area contributed by atoms with E-state index >= 15 is 0 Å². The van der Waals surface area contributed by atoms with Crippen molar-refractivity contribution in [3.63, 3.8) is 0 Å². The van der Waals surface area contributed by atoms with Crippen molar-refractivity contribution in [3.05, 3.63) is 61.0 Å². The number of nitrogens with one attached hydrogen (secondary N) is 1. The van der Waals surface area contributed by atoms with Gasteiger partial charge in [-0.3, -0.25) is 4.79 Å². The van der Waals surface area contributed by atoms with E-state index in [0.717, 1.165) is 26.1 Å². The lowest BCUT2D eigenvalue weighted by molar-refractivity contribution is -0.115. The minimum absolute atomic E-state index is 0.155. The monoisotopic (exact) mass is 498 g/mol. The van der Waals surface area contributed by atoms with Crippen molar-refractivity contribution in [2.45, 2.75) is 13.8 Å². The fraction of sp³-hybridized carbons (Fsp3) is 0.158. The van der Waals surface area contributed by atoms with Crippen molar-refractivity contribution in [1.82, 2.24) is 5.32 Å². The average Bonchev–Trinajstić information content (AvgIpc) is 2.94. The quantitative estimate of drug-likeness (QED) is 0.445. The molecule has 3 rings (SSSR count). The van der Waals surface area contributed by atoms with Crippen LogP contribution in [0.1, 0.15) is 18.1 Å². The zero-order chi connectivity index (χ0) is 18.7. The van der Waals surface area contributed by atoms with Crippen LogP contribution >= 0.6 is 46.0 Å². The van der Waals surface area contributed by atoms with Crippen molar-refractivity contribution in [3.8, 4) is 5.75 Å². The second-order valence-electron chi connectivity index (χ2n) is 5.49. The first kappa shape index (κ1) is 19.3. The molecule has 4 nitrogen and oxygen atoms in total. The molecular formula is C19H16ClIN2O2S. The van der Waals surface area contributed by atoms with Gasteiger partial charge < -0.3 is 10.1 Å². The number of rotatable bonds is 4. The minimum atomic E-state index is -0.155. The van der Waals surface area contributed by atoms with E-state index in [4.69, 9.17) is 16.3 Å². The lowest BCUT2D eigenvalue weighted by Gasteiger charge is -2.06. The van der Waals surface area contributed by atoms with E-state index in [2.05, 4.69) is 32.9 Å². The van der Waals surface area contributed by atoms with Gasteiger partial charge in [-0.2, -0.15) is 0 Å². The molecule has 0 aliphatic carbocycles. The predicted octanol–water partition coefficient (Wildman–Crippen LogP) is 5.54. The van der Waals surface area contributed by atoms with Crippen LogP contribution in [0, 0.1) is 10.5 Å². The number of carbonyl (C=O) groups is 1. The van der Waals surface area contributed by atoms with Gasteiger partial charge in [0.15, 0.2) is 5.17 Å². The van der Waals surface area contributed by atoms with Gasteiger partial charge in [0.05, 0.1) is 20.8 Å². The molecule has 1 saturated heterocycles.